The van der Waals surface area contributed by atoms with Crippen molar-refractivity contribution in [2.24, 2.45) is 0 Å². The van der Waals surface area contributed by atoms with Crippen molar-refractivity contribution in [1.29, 1.82) is 0 Å². The van der Waals surface area contributed by atoms with Gasteiger partial charge in [-0.1, -0.05) is 29.8 Å². The number of ether oxygens (including phenoxy) is 1. The fraction of sp³-hybridized carbons (Fsp3) is 0.190. The van der Waals surface area contributed by atoms with E-state index in [1.807, 2.05) is 48.7 Å². The van der Waals surface area contributed by atoms with Crippen molar-refractivity contribution in [2.75, 3.05) is 20.3 Å². The van der Waals surface area contributed by atoms with Crippen molar-refractivity contribution in [2.45, 2.75) is 6.54 Å². The van der Waals surface area contributed by atoms with Gasteiger partial charge < -0.3 is 9.64 Å². The summed E-state index contributed by atoms with van der Waals surface area (Å²) < 4.78 is 6.15. The largest absolute Gasteiger partial charge is 0.383 e. The van der Waals surface area contributed by atoms with Crippen LogP contribution in [-0.2, 0) is 11.3 Å². The van der Waals surface area contributed by atoms with Gasteiger partial charge in [0, 0.05) is 37.0 Å². The standard InChI is InChI=1S/C21H19ClN4O2S/c1-28-8-7-26(13-14-3-2-4-17(22)9-14)21(27)20-25-18-6-5-15(10-19(18)29-20)16-11-23-24-12-16/h2-6,9-12H,7-8,13H2,1H3,(H,23,24). The Hall–Kier alpha value is -2.74. The molecule has 6 nitrogen and oxygen atoms in total. The van der Waals surface area contributed by atoms with E-state index in [9.17, 15) is 4.79 Å². The third kappa shape index (κ3) is 4.48. The number of benzene rings is 2. The van der Waals surface area contributed by atoms with Crippen LogP contribution in [0.15, 0.2) is 54.9 Å². The third-order valence-electron chi connectivity index (χ3n) is 4.52. The number of methoxy groups -OCH3 is 1. The molecule has 0 bridgehead atoms. The highest BCUT2D eigenvalue weighted by Crippen LogP contribution is 2.28. The normalized spacial score (nSPS) is 11.1. The van der Waals surface area contributed by atoms with Crippen LogP contribution in [0.4, 0.5) is 0 Å². The molecule has 0 atom stereocenters. The lowest BCUT2D eigenvalue weighted by Gasteiger charge is -2.21. The Kier molecular flexibility index (Phi) is 5.89. The summed E-state index contributed by atoms with van der Waals surface area (Å²) in [4.78, 5) is 19.5. The first-order chi connectivity index (χ1) is 14.1. The number of aromatic amines is 1. The van der Waals surface area contributed by atoms with Crippen LogP contribution >= 0.6 is 22.9 Å². The molecule has 0 spiro atoms. The molecule has 4 aromatic rings. The number of halogens is 1. The first kappa shape index (κ1) is 19.6. The Morgan fingerprint density at radius 3 is 2.90 bits per heavy atom. The van der Waals surface area contributed by atoms with E-state index in [1.54, 1.807) is 18.2 Å². The van der Waals surface area contributed by atoms with Crippen LogP contribution in [0.2, 0.25) is 5.02 Å². The van der Waals surface area contributed by atoms with E-state index < -0.39 is 0 Å². The molecule has 2 heterocycles. The van der Waals surface area contributed by atoms with Crippen LogP contribution in [0.25, 0.3) is 21.3 Å². The second-order valence-corrected chi connectivity index (χ2v) is 8.01. The number of amides is 1. The number of hydrogen-bond acceptors (Lipinski definition) is 5. The number of nitrogens with zero attached hydrogens (tertiary/aromatic N) is 3. The predicted molar refractivity (Wildman–Crippen MR) is 115 cm³/mol. The Morgan fingerprint density at radius 2 is 2.14 bits per heavy atom. The maximum Gasteiger partial charge on any atom is 0.283 e. The lowest BCUT2D eigenvalue weighted by atomic mass is 10.1. The van der Waals surface area contributed by atoms with Crippen LogP contribution in [0.5, 0.6) is 0 Å². The zero-order chi connectivity index (χ0) is 20.2. The first-order valence-corrected chi connectivity index (χ1v) is 10.3. The lowest BCUT2D eigenvalue weighted by molar-refractivity contribution is 0.0680. The maximum absolute atomic E-state index is 13.2. The molecular weight excluding hydrogens is 408 g/mol. The minimum atomic E-state index is -0.118. The SMILES string of the molecule is COCCN(Cc1cccc(Cl)c1)C(=O)c1nc2ccc(-c3cn[nH]c3)cc2s1. The lowest BCUT2D eigenvalue weighted by Crippen LogP contribution is -2.33. The third-order valence-corrected chi connectivity index (χ3v) is 5.76. The molecule has 0 aliphatic heterocycles. The number of carbonyl (C=O) groups excluding carboxylic acids is 1. The minimum absolute atomic E-state index is 0.118. The molecule has 29 heavy (non-hydrogen) atoms. The average molecular weight is 427 g/mol. The van der Waals surface area contributed by atoms with Crippen molar-refractivity contribution < 1.29 is 9.53 Å². The van der Waals surface area contributed by atoms with E-state index in [0.29, 0.717) is 29.7 Å². The highest BCUT2D eigenvalue weighted by Gasteiger charge is 2.20. The van der Waals surface area contributed by atoms with Gasteiger partial charge in [0.15, 0.2) is 5.01 Å². The van der Waals surface area contributed by atoms with Gasteiger partial charge in [0.1, 0.15) is 0 Å². The number of aromatic nitrogens is 3. The Labute approximate surface area is 177 Å². The molecule has 0 radical (unpaired) electrons. The van der Waals surface area contributed by atoms with Crippen LogP contribution in [0, 0.1) is 0 Å². The summed E-state index contributed by atoms with van der Waals surface area (Å²) in [6.07, 6.45) is 3.61. The van der Waals surface area contributed by atoms with Gasteiger partial charge in [-0.05, 0) is 35.4 Å². The molecule has 8 heteroatoms. The molecule has 1 N–H and O–H groups in total. The molecule has 0 saturated heterocycles. The van der Waals surface area contributed by atoms with Gasteiger partial charge in [0.2, 0.25) is 0 Å². The van der Waals surface area contributed by atoms with Crippen LogP contribution in [0.1, 0.15) is 15.4 Å². The topological polar surface area (TPSA) is 71.1 Å². The number of H-pyrrole nitrogens is 1. The molecule has 0 unspecified atom stereocenters. The Bertz CT molecular complexity index is 1130. The molecule has 4 rings (SSSR count). The minimum Gasteiger partial charge on any atom is -0.383 e. The Balaban J connectivity index is 1.61. The number of carbonyl (C=O) groups is 1. The van der Waals surface area contributed by atoms with Gasteiger partial charge in [-0.3, -0.25) is 9.89 Å². The smallest absolute Gasteiger partial charge is 0.283 e. The predicted octanol–water partition coefficient (Wildman–Crippen LogP) is 4.63. The van der Waals surface area contributed by atoms with Crippen molar-refractivity contribution in [3.8, 4) is 11.1 Å². The van der Waals surface area contributed by atoms with E-state index >= 15 is 0 Å². The molecule has 2 aromatic carbocycles. The van der Waals surface area contributed by atoms with Crippen molar-refractivity contribution >= 4 is 39.1 Å². The molecule has 1 amide bonds. The quantitative estimate of drug-likeness (QED) is 0.467. The number of fused-ring (bicyclic) bond motifs is 1. The first-order valence-electron chi connectivity index (χ1n) is 9.06. The fourth-order valence-corrected chi connectivity index (χ4v) is 4.24. The van der Waals surface area contributed by atoms with E-state index in [2.05, 4.69) is 15.2 Å². The maximum atomic E-state index is 13.2. The zero-order valence-corrected chi connectivity index (χ0v) is 17.3. The highest BCUT2D eigenvalue weighted by molar-refractivity contribution is 7.20. The van der Waals surface area contributed by atoms with Gasteiger partial charge in [0.05, 0.1) is 23.0 Å². The number of hydrogen-bond donors (Lipinski definition) is 1. The summed E-state index contributed by atoms with van der Waals surface area (Å²) in [5.74, 6) is -0.118. The summed E-state index contributed by atoms with van der Waals surface area (Å²) in [7, 11) is 1.62. The fourth-order valence-electron chi connectivity index (χ4n) is 3.05. The number of rotatable bonds is 7. The van der Waals surface area contributed by atoms with Crippen LogP contribution in [-0.4, -0.2) is 46.2 Å². The van der Waals surface area contributed by atoms with Crippen LogP contribution < -0.4 is 0 Å². The van der Waals surface area contributed by atoms with Crippen LogP contribution in [0.3, 0.4) is 0 Å². The van der Waals surface area contributed by atoms with Gasteiger partial charge >= 0.3 is 0 Å². The van der Waals surface area contributed by atoms with E-state index in [4.69, 9.17) is 16.3 Å². The van der Waals surface area contributed by atoms with Crippen molar-refractivity contribution in [1.82, 2.24) is 20.1 Å². The summed E-state index contributed by atoms with van der Waals surface area (Å²) in [5.41, 5.74) is 3.80. The Morgan fingerprint density at radius 1 is 1.24 bits per heavy atom. The van der Waals surface area contributed by atoms with E-state index in [1.165, 1.54) is 11.3 Å². The molecule has 0 fully saturated rings. The highest BCUT2D eigenvalue weighted by atomic mass is 35.5. The van der Waals surface area contributed by atoms with Gasteiger partial charge in [0.25, 0.3) is 5.91 Å². The molecule has 148 valence electrons. The molecule has 0 saturated carbocycles. The number of thiazole rings is 1. The van der Waals surface area contributed by atoms with E-state index in [-0.39, 0.29) is 5.91 Å². The summed E-state index contributed by atoms with van der Waals surface area (Å²) in [5, 5.41) is 7.91. The summed E-state index contributed by atoms with van der Waals surface area (Å²) in [6.45, 7) is 1.36. The molecule has 0 aliphatic rings. The zero-order valence-electron chi connectivity index (χ0n) is 15.8. The molecule has 0 aliphatic carbocycles. The summed E-state index contributed by atoms with van der Waals surface area (Å²) in [6, 6.07) is 13.5. The monoisotopic (exact) mass is 426 g/mol. The van der Waals surface area contributed by atoms with Crippen molar-refractivity contribution in [3.63, 3.8) is 0 Å². The van der Waals surface area contributed by atoms with Gasteiger partial charge in [-0.15, -0.1) is 11.3 Å². The second-order valence-electron chi connectivity index (χ2n) is 6.54. The molecular formula is C21H19ClN4O2S. The van der Waals surface area contributed by atoms with Gasteiger partial charge in [-0.25, -0.2) is 4.98 Å². The second kappa shape index (κ2) is 8.73. The summed E-state index contributed by atoms with van der Waals surface area (Å²) >= 11 is 7.49. The van der Waals surface area contributed by atoms with Gasteiger partial charge in [-0.2, -0.15) is 5.10 Å². The number of nitrogens with one attached hydrogen (secondary N) is 1. The average Bonchev–Trinajstić information content (AvgIpc) is 3.39. The van der Waals surface area contributed by atoms with E-state index in [0.717, 1.165) is 26.9 Å². The van der Waals surface area contributed by atoms with Crippen molar-refractivity contribution in [3.05, 3.63) is 70.5 Å². The molecule has 2 aromatic heterocycles.